The summed E-state index contributed by atoms with van der Waals surface area (Å²) in [4.78, 5) is 26.6. The molecule has 0 radical (unpaired) electrons. The summed E-state index contributed by atoms with van der Waals surface area (Å²) < 4.78 is 10.8. The Morgan fingerprint density at radius 1 is 1.07 bits per heavy atom. The average Bonchev–Trinajstić information content (AvgIpc) is 2.67. The van der Waals surface area contributed by atoms with E-state index in [0.29, 0.717) is 30.9 Å². The largest absolute Gasteiger partial charge is 0.493 e. The molecule has 0 spiro atoms. The Morgan fingerprint density at radius 2 is 1.79 bits per heavy atom. The zero-order valence-corrected chi connectivity index (χ0v) is 16.0. The maximum atomic E-state index is 13.3. The van der Waals surface area contributed by atoms with Gasteiger partial charge in [-0.15, -0.1) is 0 Å². The van der Waals surface area contributed by atoms with Gasteiger partial charge in [-0.25, -0.2) is 0 Å². The van der Waals surface area contributed by atoms with E-state index in [-0.39, 0.29) is 18.2 Å². The van der Waals surface area contributed by atoms with E-state index in [1.54, 1.807) is 19.1 Å². The van der Waals surface area contributed by atoms with Crippen molar-refractivity contribution in [3.05, 3.63) is 58.7 Å². The highest BCUT2D eigenvalue weighted by Gasteiger charge is 2.40. The van der Waals surface area contributed by atoms with Crippen LogP contribution in [-0.4, -0.2) is 42.6 Å². The minimum Gasteiger partial charge on any atom is -0.493 e. The van der Waals surface area contributed by atoms with Gasteiger partial charge >= 0.3 is 5.97 Å². The zero-order chi connectivity index (χ0) is 19.8. The second-order valence-corrected chi connectivity index (χ2v) is 7.26. The SMILES string of the molecule is COc1cc2c(cc1OC)C(CC(=O)O)N(C(=O)C1Cc3ccccc31)CC2. The average molecular weight is 381 g/mol. The van der Waals surface area contributed by atoms with Crippen LogP contribution in [0.15, 0.2) is 36.4 Å². The fourth-order valence-electron chi connectivity index (χ4n) is 4.36. The molecule has 0 fully saturated rings. The van der Waals surface area contributed by atoms with Crippen molar-refractivity contribution in [2.75, 3.05) is 20.8 Å². The van der Waals surface area contributed by atoms with Crippen LogP contribution >= 0.6 is 0 Å². The molecule has 1 aliphatic heterocycles. The Bertz CT molecular complexity index is 939. The van der Waals surface area contributed by atoms with Crippen LogP contribution in [0, 0.1) is 0 Å². The fourth-order valence-corrected chi connectivity index (χ4v) is 4.36. The molecule has 6 nitrogen and oxygen atoms in total. The minimum absolute atomic E-state index is 0.00499. The number of rotatable bonds is 5. The first-order chi connectivity index (χ1) is 13.5. The van der Waals surface area contributed by atoms with Gasteiger partial charge in [0.15, 0.2) is 11.5 Å². The second-order valence-electron chi connectivity index (χ2n) is 7.26. The van der Waals surface area contributed by atoms with E-state index < -0.39 is 12.0 Å². The number of carboxylic acids is 1. The van der Waals surface area contributed by atoms with Crippen LogP contribution in [-0.2, 0) is 22.4 Å². The Kier molecular flexibility index (Phi) is 4.71. The van der Waals surface area contributed by atoms with Gasteiger partial charge in [0.25, 0.3) is 0 Å². The second kappa shape index (κ2) is 7.19. The van der Waals surface area contributed by atoms with Crippen LogP contribution in [0.2, 0.25) is 0 Å². The lowest BCUT2D eigenvalue weighted by molar-refractivity contribution is -0.142. The molecule has 2 atom stereocenters. The lowest BCUT2D eigenvalue weighted by atomic mass is 9.76. The van der Waals surface area contributed by atoms with Crippen molar-refractivity contribution < 1.29 is 24.2 Å². The monoisotopic (exact) mass is 381 g/mol. The third-order valence-corrected chi connectivity index (χ3v) is 5.81. The molecule has 4 rings (SSSR count). The molecule has 0 saturated heterocycles. The summed E-state index contributed by atoms with van der Waals surface area (Å²) in [5.41, 5.74) is 4.08. The standard InChI is InChI=1S/C22H23NO5/c1-27-19-10-14-7-8-23(18(12-21(24)25)16(14)11-20(19)28-2)22(26)17-9-13-5-3-4-6-15(13)17/h3-6,10-11,17-18H,7-9,12H2,1-2H3,(H,24,25). The molecule has 2 aromatic carbocycles. The maximum absolute atomic E-state index is 13.3. The molecule has 146 valence electrons. The van der Waals surface area contributed by atoms with Crippen LogP contribution in [0.25, 0.3) is 0 Å². The van der Waals surface area contributed by atoms with Gasteiger partial charge in [-0.3, -0.25) is 9.59 Å². The Balaban J connectivity index is 1.69. The highest BCUT2D eigenvalue weighted by Crippen LogP contribution is 2.43. The molecule has 0 bridgehead atoms. The highest BCUT2D eigenvalue weighted by atomic mass is 16.5. The number of ether oxygens (including phenoxy) is 2. The molecular weight excluding hydrogens is 358 g/mol. The number of fused-ring (bicyclic) bond motifs is 2. The molecule has 1 aliphatic carbocycles. The van der Waals surface area contributed by atoms with Gasteiger partial charge < -0.3 is 19.5 Å². The van der Waals surface area contributed by atoms with Crippen molar-refractivity contribution in [1.29, 1.82) is 0 Å². The van der Waals surface area contributed by atoms with E-state index in [2.05, 4.69) is 0 Å². The molecule has 1 heterocycles. The van der Waals surface area contributed by atoms with Crippen molar-refractivity contribution in [2.24, 2.45) is 0 Å². The van der Waals surface area contributed by atoms with Gasteiger partial charge in [-0.1, -0.05) is 24.3 Å². The van der Waals surface area contributed by atoms with E-state index >= 15 is 0 Å². The summed E-state index contributed by atoms with van der Waals surface area (Å²) in [7, 11) is 3.12. The first-order valence-corrected chi connectivity index (χ1v) is 9.38. The molecule has 1 N–H and O–H groups in total. The molecule has 1 amide bonds. The zero-order valence-electron chi connectivity index (χ0n) is 16.0. The molecule has 2 aromatic rings. The van der Waals surface area contributed by atoms with Crippen molar-refractivity contribution >= 4 is 11.9 Å². The number of aliphatic carboxylic acids is 1. The van der Waals surface area contributed by atoms with Crippen molar-refractivity contribution in [3.63, 3.8) is 0 Å². The van der Waals surface area contributed by atoms with Gasteiger partial charge in [0, 0.05) is 6.54 Å². The van der Waals surface area contributed by atoms with Crippen LogP contribution in [0.5, 0.6) is 11.5 Å². The summed E-state index contributed by atoms with van der Waals surface area (Å²) in [5, 5.41) is 9.49. The quantitative estimate of drug-likeness (QED) is 0.862. The van der Waals surface area contributed by atoms with Gasteiger partial charge in [-0.2, -0.15) is 0 Å². The van der Waals surface area contributed by atoms with Crippen LogP contribution in [0.3, 0.4) is 0 Å². The molecule has 2 unspecified atom stereocenters. The highest BCUT2D eigenvalue weighted by molar-refractivity contribution is 5.88. The molecule has 2 aliphatic rings. The number of methoxy groups -OCH3 is 2. The molecular formula is C22H23NO5. The van der Waals surface area contributed by atoms with Gasteiger partial charge in [0.2, 0.25) is 5.91 Å². The molecule has 28 heavy (non-hydrogen) atoms. The van der Waals surface area contributed by atoms with Crippen molar-refractivity contribution in [1.82, 2.24) is 4.90 Å². The Labute approximate surface area is 163 Å². The predicted octanol–water partition coefficient (Wildman–Crippen LogP) is 2.94. The summed E-state index contributed by atoms with van der Waals surface area (Å²) >= 11 is 0. The smallest absolute Gasteiger partial charge is 0.305 e. The molecule has 0 aromatic heterocycles. The van der Waals surface area contributed by atoms with Gasteiger partial charge in [0.05, 0.1) is 32.6 Å². The van der Waals surface area contributed by atoms with Crippen molar-refractivity contribution in [3.8, 4) is 11.5 Å². The topological polar surface area (TPSA) is 76.1 Å². The predicted molar refractivity (Wildman–Crippen MR) is 103 cm³/mol. The van der Waals surface area contributed by atoms with E-state index in [9.17, 15) is 14.7 Å². The lowest BCUT2D eigenvalue weighted by Gasteiger charge is -2.41. The third kappa shape index (κ3) is 2.99. The number of benzene rings is 2. The normalized spacial score (nSPS) is 19.9. The first-order valence-electron chi connectivity index (χ1n) is 9.38. The number of amides is 1. The fraction of sp³-hybridized carbons (Fsp3) is 0.364. The number of hydrogen-bond acceptors (Lipinski definition) is 4. The summed E-state index contributed by atoms with van der Waals surface area (Å²) in [6, 6.07) is 11.1. The number of hydrogen-bond donors (Lipinski definition) is 1. The van der Waals surface area contributed by atoms with Crippen LogP contribution < -0.4 is 9.47 Å². The first kappa shape index (κ1) is 18.3. The Morgan fingerprint density at radius 3 is 2.46 bits per heavy atom. The van der Waals surface area contributed by atoms with E-state index in [1.807, 2.05) is 36.4 Å². The number of carbonyl (C=O) groups excluding carboxylic acids is 1. The number of nitrogens with zero attached hydrogens (tertiary/aromatic N) is 1. The van der Waals surface area contributed by atoms with E-state index in [1.165, 1.54) is 5.56 Å². The summed E-state index contributed by atoms with van der Waals surface area (Å²) in [5.74, 6) is 0.0435. The third-order valence-electron chi connectivity index (χ3n) is 5.81. The van der Waals surface area contributed by atoms with E-state index in [4.69, 9.17) is 9.47 Å². The summed E-state index contributed by atoms with van der Waals surface area (Å²) in [6.45, 7) is 0.498. The minimum atomic E-state index is -0.931. The van der Waals surface area contributed by atoms with Gasteiger partial charge in [-0.05, 0) is 47.2 Å². The molecule has 0 saturated carbocycles. The summed E-state index contributed by atoms with van der Waals surface area (Å²) in [6.07, 6.45) is 1.23. The lowest BCUT2D eigenvalue weighted by Crippen LogP contribution is -2.45. The van der Waals surface area contributed by atoms with Crippen molar-refractivity contribution in [2.45, 2.75) is 31.2 Å². The van der Waals surface area contributed by atoms with E-state index in [0.717, 1.165) is 16.7 Å². The number of carbonyl (C=O) groups is 2. The molecule has 6 heteroatoms. The number of carboxylic acid groups (broad SMARTS) is 1. The Hall–Kier alpha value is -3.02. The maximum Gasteiger partial charge on any atom is 0.305 e. The van der Waals surface area contributed by atoms with Crippen LogP contribution in [0.4, 0.5) is 0 Å². The van der Waals surface area contributed by atoms with Gasteiger partial charge in [0.1, 0.15) is 0 Å². The van der Waals surface area contributed by atoms with Crippen LogP contribution in [0.1, 0.15) is 40.6 Å².